The van der Waals surface area contributed by atoms with Gasteiger partial charge in [-0.1, -0.05) is 0 Å². The SMILES string of the molecule is FC(F)(F)c1ccc2c(c1)CC(CN1CCNCC1)S2. The summed E-state index contributed by atoms with van der Waals surface area (Å²) >= 11 is 1.72. The first-order chi connectivity index (χ1) is 9.52. The summed E-state index contributed by atoms with van der Waals surface area (Å²) in [5.41, 5.74) is 0.324. The van der Waals surface area contributed by atoms with Crippen LogP contribution >= 0.6 is 11.8 Å². The van der Waals surface area contributed by atoms with Crippen molar-refractivity contribution in [1.29, 1.82) is 0 Å². The molecule has 0 saturated carbocycles. The summed E-state index contributed by atoms with van der Waals surface area (Å²) in [7, 11) is 0. The summed E-state index contributed by atoms with van der Waals surface area (Å²) in [6.45, 7) is 5.02. The molecule has 0 spiro atoms. The van der Waals surface area contributed by atoms with E-state index in [1.807, 2.05) is 0 Å². The number of nitrogens with one attached hydrogen (secondary N) is 1. The molecule has 1 aromatic carbocycles. The number of hydrogen-bond donors (Lipinski definition) is 1. The highest BCUT2D eigenvalue weighted by atomic mass is 32.2. The molecule has 6 heteroatoms. The first-order valence-corrected chi connectivity index (χ1v) is 7.70. The quantitative estimate of drug-likeness (QED) is 0.904. The first kappa shape index (κ1) is 14.2. The predicted molar refractivity (Wildman–Crippen MR) is 74.1 cm³/mol. The summed E-state index contributed by atoms with van der Waals surface area (Å²) in [4.78, 5) is 3.41. The molecule has 1 saturated heterocycles. The van der Waals surface area contributed by atoms with Crippen LogP contribution in [0.15, 0.2) is 23.1 Å². The summed E-state index contributed by atoms with van der Waals surface area (Å²) in [6.07, 6.45) is -3.50. The van der Waals surface area contributed by atoms with Crippen molar-refractivity contribution in [3.8, 4) is 0 Å². The van der Waals surface area contributed by atoms with Crippen LogP contribution in [0.3, 0.4) is 0 Å². The number of rotatable bonds is 2. The van der Waals surface area contributed by atoms with Crippen LogP contribution in [0.4, 0.5) is 13.2 Å². The minimum Gasteiger partial charge on any atom is -0.314 e. The molecule has 3 rings (SSSR count). The van der Waals surface area contributed by atoms with Crippen LogP contribution in [0.25, 0.3) is 0 Å². The number of benzene rings is 1. The molecule has 2 aliphatic rings. The van der Waals surface area contributed by atoms with Crippen LogP contribution in [-0.2, 0) is 12.6 Å². The molecule has 0 radical (unpaired) electrons. The highest BCUT2D eigenvalue weighted by molar-refractivity contribution is 8.00. The van der Waals surface area contributed by atoms with Crippen LogP contribution in [-0.4, -0.2) is 42.9 Å². The van der Waals surface area contributed by atoms with Gasteiger partial charge in [-0.25, -0.2) is 0 Å². The smallest absolute Gasteiger partial charge is 0.314 e. The largest absolute Gasteiger partial charge is 0.416 e. The van der Waals surface area contributed by atoms with Crippen LogP contribution in [0.2, 0.25) is 0 Å². The van der Waals surface area contributed by atoms with Crippen LogP contribution in [0.5, 0.6) is 0 Å². The van der Waals surface area contributed by atoms with Gasteiger partial charge in [0.05, 0.1) is 5.56 Å². The summed E-state index contributed by atoms with van der Waals surface area (Å²) in [5.74, 6) is 0. The number of nitrogens with zero attached hydrogens (tertiary/aromatic N) is 1. The second kappa shape index (κ2) is 5.58. The first-order valence-electron chi connectivity index (χ1n) is 6.82. The van der Waals surface area contributed by atoms with Gasteiger partial charge in [-0.3, -0.25) is 4.90 Å². The number of alkyl halides is 3. The van der Waals surface area contributed by atoms with E-state index >= 15 is 0 Å². The fourth-order valence-corrected chi connectivity index (χ4v) is 4.13. The zero-order valence-electron chi connectivity index (χ0n) is 11.0. The van der Waals surface area contributed by atoms with Crippen molar-refractivity contribution in [2.75, 3.05) is 32.7 Å². The van der Waals surface area contributed by atoms with E-state index in [-0.39, 0.29) is 0 Å². The lowest BCUT2D eigenvalue weighted by Crippen LogP contribution is -2.45. The third kappa shape index (κ3) is 3.13. The van der Waals surface area contributed by atoms with Crippen LogP contribution in [0, 0.1) is 0 Å². The molecule has 2 aliphatic heterocycles. The van der Waals surface area contributed by atoms with Crippen molar-refractivity contribution in [3.05, 3.63) is 29.3 Å². The van der Waals surface area contributed by atoms with Gasteiger partial charge in [-0.2, -0.15) is 13.2 Å². The molecule has 0 amide bonds. The molecule has 1 N–H and O–H groups in total. The molecule has 20 heavy (non-hydrogen) atoms. The maximum atomic E-state index is 12.7. The van der Waals surface area contributed by atoms with Gasteiger partial charge in [0.1, 0.15) is 0 Å². The van der Waals surface area contributed by atoms with Crippen molar-refractivity contribution >= 4 is 11.8 Å². The van der Waals surface area contributed by atoms with E-state index in [0.717, 1.165) is 49.6 Å². The highest BCUT2D eigenvalue weighted by Gasteiger charge is 2.33. The summed E-state index contributed by atoms with van der Waals surface area (Å²) in [5, 5.41) is 3.69. The number of halogens is 3. The fourth-order valence-electron chi connectivity index (χ4n) is 2.78. The average Bonchev–Trinajstić information content (AvgIpc) is 2.80. The van der Waals surface area contributed by atoms with Gasteiger partial charge in [0.25, 0.3) is 0 Å². The molecule has 1 fully saturated rings. The van der Waals surface area contributed by atoms with E-state index in [2.05, 4.69) is 10.2 Å². The Morgan fingerprint density at radius 3 is 2.70 bits per heavy atom. The van der Waals surface area contributed by atoms with Crippen molar-refractivity contribution in [3.63, 3.8) is 0 Å². The third-order valence-electron chi connectivity index (χ3n) is 3.80. The van der Waals surface area contributed by atoms with E-state index in [1.165, 1.54) is 12.1 Å². The number of fused-ring (bicyclic) bond motifs is 1. The van der Waals surface area contributed by atoms with Crippen molar-refractivity contribution in [2.45, 2.75) is 22.7 Å². The number of hydrogen-bond acceptors (Lipinski definition) is 3. The normalized spacial score (nSPS) is 23.9. The van der Waals surface area contributed by atoms with Gasteiger partial charge in [0.15, 0.2) is 0 Å². The molecule has 1 aromatic rings. The molecule has 110 valence electrons. The van der Waals surface area contributed by atoms with E-state index in [1.54, 1.807) is 17.8 Å². The Labute approximate surface area is 120 Å². The monoisotopic (exact) mass is 302 g/mol. The molecule has 2 heterocycles. The Bertz CT molecular complexity index is 484. The Morgan fingerprint density at radius 1 is 1.25 bits per heavy atom. The second-order valence-electron chi connectivity index (χ2n) is 5.31. The maximum Gasteiger partial charge on any atom is 0.416 e. The molecule has 0 bridgehead atoms. The lowest BCUT2D eigenvalue weighted by Gasteiger charge is -2.29. The van der Waals surface area contributed by atoms with Crippen LogP contribution in [0.1, 0.15) is 11.1 Å². The van der Waals surface area contributed by atoms with Gasteiger partial charge in [-0.05, 0) is 30.2 Å². The molecule has 2 nitrogen and oxygen atoms in total. The predicted octanol–water partition coefficient (Wildman–Crippen LogP) is 2.63. The zero-order valence-corrected chi connectivity index (χ0v) is 11.9. The molecular formula is C14H17F3N2S. The van der Waals surface area contributed by atoms with E-state index in [4.69, 9.17) is 0 Å². The topological polar surface area (TPSA) is 15.3 Å². The van der Waals surface area contributed by atoms with Crippen LogP contribution < -0.4 is 5.32 Å². The molecule has 1 atom stereocenters. The summed E-state index contributed by atoms with van der Waals surface area (Å²) in [6, 6.07) is 4.14. The van der Waals surface area contributed by atoms with Crippen molar-refractivity contribution < 1.29 is 13.2 Å². The van der Waals surface area contributed by atoms with Gasteiger partial charge < -0.3 is 5.32 Å². The maximum absolute atomic E-state index is 12.7. The minimum atomic E-state index is -4.24. The number of thioether (sulfide) groups is 1. The average molecular weight is 302 g/mol. The molecule has 0 aromatic heterocycles. The van der Waals surface area contributed by atoms with Gasteiger partial charge in [-0.15, -0.1) is 11.8 Å². The third-order valence-corrected chi connectivity index (χ3v) is 5.10. The molecule has 0 aliphatic carbocycles. The standard InChI is InChI=1S/C14H17F3N2S/c15-14(16,17)11-1-2-13-10(7-11)8-12(20-13)9-19-5-3-18-4-6-19/h1-2,7,12,18H,3-6,8-9H2. The van der Waals surface area contributed by atoms with E-state index in [0.29, 0.717) is 5.25 Å². The Hall–Kier alpha value is -0.720. The van der Waals surface area contributed by atoms with Crippen molar-refractivity contribution in [2.24, 2.45) is 0 Å². The van der Waals surface area contributed by atoms with E-state index < -0.39 is 11.7 Å². The zero-order chi connectivity index (χ0) is 14.2. The number of piperazine rings is 1. The Kier molecular flexibility index (Phi) is 3.97. The van der Waals surface area contributed by atoms with Gasteiger partial charge >= 0.3 is 6.18 Å². The lowest BCUT2D eigenvalue weighted by atomic mass is 10.1. The second-order valence-corrected chi connectivity index (χ2v) is 6.66. The lowest BCUT2D eigenvalue weighted by molar-refractivity contribution is -0.137. The van der Waals surface area contributed by atoms with Gasteiger partial charge in [0.2, 0.25) is 0 Å². The molecular weight excluding hydrogens is 285 g/mol. The van der Waals surface area contributed by atoms with Crippen molar-refractivity contribution in [1.82, 2.24) is 10.2 Å². The molecule has 1 unspecified atom stereocenters. The Morgan fingerprint density at radius 2 is 2.00 bits per heavy atom. The summed E-state index contributed by atoms with van der Waals surface area (Å²) < 4.78 is 38.1. The highest BCUT2D eigenvalue weighted by Crippen LogP contribution is 2.40. The van der Waals surface area contributed by atoms with E-state index in [9.17, 15) is 13.2 Å². The fraction of sp³-hybridized carbons (Fsp3) is 0.571. The Balaban J connectivity index is 1.66. The minimum absolute atomic E-state index is 0.381. The van der Waals surface area contributed by atoms with Gasteiger partial charge in [0, 0.05) is 42.9 Å².